The number of unbranched alkanes of at least 4 members (excludes halogenated alkanes) is 3. The van der Waals surface area contributed by atoms with Crippen LogP contribution in [0, 0.1) is 5.82 Å². The Bertz CT molecular complexity index is 666. The fraction of sp³-hybridized carbons (Fsp3) is 0.682. The van der Waals surface area contributed by atoms with Gasteiger partial charge in [-0.1, -0.05) is 12.8 Å². The van der Waals surface area contributed by atoms with Gasteiger partial charge in [-0.15, -0.1) is 0 Å². The smallest absolute Gasteiger partial charge is 0.410 e. The predicted molar refractivity (Wildman–Crippen MR) is 117 cm³/mol. The van der Waals surface area contributed by atoms with Gasteiger partial charge in [-0.05, 0) is 75.1 Å². The maximum Gasteiger partial charge on any atom is 0.410 e. The van der Waals surface area contributed by atoms with E-state index in [-0.39, 0.29) is 18.0 Å². The third-order valence-corrected chi connectivity index (χ3v) is 5.51. The van der Waals surface area contributed by atoms with E-state index < -0.39 is 5.60 Å². The highest BCUT2D eigenvalue weighted by atomic mass is 79.9. The second-order valence-electron chi connectivity index (χ2n) is 8.66. The summed E-state index contributed by atoms with van der Waals surface area (Å²) in [4.78, 5) is 16.5. The monoisotopic (exact) mass is 472 g/mol. The zero-order valence-electron chi connectivity index (χ0n) is 18.0. The first-order chi connectivity index (χ1) is 13.7. The Morgan fingerprint density at radius 1 is 1.21 bits per heavy atom. The topological polar surface area (TPSA) is 42.0 Å². The molecular formula is C22H34BrFN2O3. The molecule has 1 aromatic rings. The van der Waals surface area contributed by atoms with Crippen molar-refractivity contribution in [1.82, 2.24) is 9.80 Å². The predicted octanol–water partition coefficient (Wildman–Crippen LogP) is 5.47. The van der Waals surface area contributed by atoms with Crippen LogP contribution in [0.3, 0.4) is 0 Å². The van der Waals surface area contributed by atoms with Crippen molar-refractivity contribution in [2.45, 2.75) is 65.0 Å². The second-order valence-corrected chi connectivity index (χ2v) is 9.52. The largest absolute Gasteiger partial charge is 0.493 e. The second kappa shape index (κ2) is 11.2. The number of piperazine rings is 1. The van der Waals surface area contributed by atoms with Gasteiger partial charge in [-0.2, -0.15) is 0 Å². The van der Waals surface area contributed by atoms with Crippen molar-refractivity contribution >= 4 is 22.0 Å². The van der Waals surface area contributed by atoms with Gasteiger partial charge in [0.2, 0.25) is 0 Å². The van der Waals surface area contributed by atoms with E-state index in [2.05, 4.69) is 27.8 Å². The van der Waals surface area contributed by atoms with Crippen molar-refractivity contribution in [1.29, 1.82) is 0 Å². The highest BCUT2D eigenvalue weighted by Crippen LogP contribution is 2.21. The van der Waals surface area contributed by atoms with E-state index >= 15 is 0 Å². The molecule has 0 saturated carbocycles. The van der Waals surface area contributed by atoms with E-state index in [1.165, 1.54) is 6.07 Å². The summed E-state index contributed by atoms with van der Waals surface area (Å²) < 4.78 is 25.0. The molecule has 1 amide bonds. The van der Waals surface area contributed by atoms with Crippen LogP contribution in [0.5, 0.6) is 5.75 Å². The van der Waals surface area contributed by atoms with E-state index in [1.54, 1.807) is 12.1 Å². The zero-order chi connectivity index (χ0) is 21.4. The van der Waals surface area contributed by atoms with Crippen molar-refractivity contribution in [3.05, 3.63) is 28.5 Å². The Morgan fingerprint density at radius 2 is 1.93 bits per heavy atom. The van der Waals surface area contributed by atoms with E-state index in [4.69, 9.17) is 9.47 Å². The van der Waals surface area contributed by atoms with E-state index in [9.17, 15) is 9.18 Å². The molecule has 1 fully saturated rings. The molecule has 1 aromatic carbocycles. The van der Waals surface area contributed by atoms with Crippen LogP contribution < -0.4 is 4.74 Å². The Morgan fingerprint density at radius 3 is 2.59 bits per heavy atom. The van der Waals surface area contributed by atoms with Crippen LogP contribution in [0.25, 0.3) is 0 Å². The highest BCUT2D eigenvalue weighted by molar-refractivity contribution is 9.10. The van der Waals surface area contributed by atoms with Gasteiger partial charge in [0.1, 0.15) is 17.2 Å². The molecule has 1 saturated heterocycles. The molecule has 164 valence electrons. The molecule has 29 heavy (non-hydrogen) atoms. The number of halogens is 2. The lowest BCUT2D eigenvalue weighted by molar-refractivity contribution is 0.00134. The fourth-order valence-corrected chi connectivity index (χ4v) is 3.62. The van der Waals surface area contributed by atoms with Gasteiger partial charge in [0.05, 0.1) is 11.1 Å². The maximum absolute atomic E-state index is 13.4. The number of ether oxygens (including phenoxy) is 2. The van der Waals surface area contributed by atoms with Gasteiger partial charge in [0.25, 0.3) is 0 Å². The van der Waals surface area contributed by atoms with Crippen molar-refractivity contribution in [3.8, 4) is 5.75 Å². The molecule has 1 heterocycles. The normalized spacial score (nSPS) is 18.0. The lowest BCUT2D eigenvalue weighted by Gasteiger charge is -2.40. The van der Waals surface area contributed by atoms with E-state index in [0.717, 1.165) is 45.3 Å². The van der Waals surface area contributed by atoms with Crippen LogP contribution in [-0.2, 0) is 4.74 Å². The molecule has 1 aliphatic heterocycles. The summed E-state index contributed by atoms with van der Waals surface area (Å²) in [7, 11) is 0. The number of hydrogen-bond acceptors (Lipinski definition) is 4. The summed E-state index contributed by atoms with van der Waals surface area (Å²) in [6.07, 6.45) is 4.10. The zero-order valence-corrected chi connectivity index (χ0v) is 19.6. The number of hydrogen-bond donors (Lipinski definition) is 0. The van der Waals surface area contributed by atoms with Crippen LogP contribution >= 0.6 is 15.9 Å². The van der Waals surface area contributed by atoms with Crippen LogP contribution in [0.4, 0.5) is 9.18 Å². The average molecular weight is 473 g/mol. The average Bonchev–Trinajstić information content (AvgIpc) is 2.62. The minimum absolute atomic E-state index is 0.165. The van der Waals surface area contributed by atoms with Gasteiger partial charge in [0, 0.05) is 31.7 Å². The first kappa shape index (κ1) is 23.9. The summed E-state index contributed by atoms with van der Waals surface area (Å²) in [5.74, 6) is 0.269. The van der Waals surface area contributed by atoms with E-state index in [1.807, 2.05) is 25.7 Å². The first-order valence-corrected chi connectivity index (χ1v) is 11.2. The third kappa shape index (κ3) is 8.51. The molecule has 1 atom stereocenters. The summed E-state index contributed by atoms with van der Waals surface area (Å²) in [6.45, 7) is 11.9. The molecule has 7 heteroatoms. The molecule has 0 radical (unpaired) electrons. The first-order valence-electron chi connectivity index (χ1n) is 10.5. The van der Waals surface area contributed by atoms with Crippen LogP contribution in [0.2, 0.25) is 0 Å². The number of nitrogens with zero attached hydrogens (tertiary/aromatic N) is 2. The minimum atomic E-state index is -0.455. The Balaban J connectivity index is 1.56. The maximum atomic E-state index is 13.4. The lowest BCUT2D eigenvalue weighted by atomic mass is 10.1. The van der Waals surface area contributed by atoms with Crippen LogP contribution in [-0.4, -0.2) is 60.3 Å². The Hall–Kier alpha value is -1.34. The number of benzene rings is 1. The number of rotatable bonds is 8. The van der Waals surface area contributed by atoms with Gasteiger partial charge >= 0.3 is 6.09 Å². The molecule has 5 nitrogen and oxygen atoms in total. The number of amides is 1. The SMILES string of the molecule is C[C@@H]1CN(CCCCCCOc2ccc(Br)c(F)c2)CCN1C(=O)OC(C)(C)C. The Labute approximate surface area is 182 Å². The Kier molecular flexibility index (Phi) is 9.21. The summed E-state index contributed by atoms with van der Waals surface area (Å²) >= 11 is 3.14. The van der Waals surface area contributed by atoms with Gasteiger partial charge in [0.15, 0.2) is 0 Å². The van der Waals surface area contributed by atoms with E-state index in [0.29, 0.717) is 23.4 Å². The van der Waals surface area contributed by atoms with Crippen molar-refractivity contribution in [2.24, 2.45) is 0 Å². The number of carbonyl (C=O) groups excluding carboxylic acids is 1. The molecular weight excluding hydrogens is 439 g/mol. The van der Waals surface area contributed by atoms with Gasteiger partial charge < -0.3 is 14.4 Å². The van der Waals surface area contributed by atoms with Crippen molar-refractivity contribution < 1.29 is 18.7 Å². The number of carbonyl (C=O) groups is 1. The lowest BCUT2D eigenvalue weighted by Crippen LogP contribution is -2.55. The van der Waals surface area contributed by atoms with Crippen LogP contribution in [0.15, 0.2) is 22.7 Å². The molecule has 0 aliphatic carbocycles. The summed E-state index contributed by atoms with van der Waals surface area (Å²) in [5, 5.41) is 0. The fourth-order valence-electron chi connectivity index (χ4n) is 3.38. The third-order valence-electron chi connectivity index (χ3n) is 4.87. The molecule has 0 N–H and O–H groups in total. The molecule has 0 unspecified atom stereocenters. The van der Waals surface area contributed by atoms with Gasteiger partial charge in [-0.3, -0.25) is 4.90 Å². The minimum Gasteiger partial charge on any atom is -0.493 e. The quantitative estimate of drug-likeness (QED) is 0.470. The van der Waals surface area contributed by atoms with Crippen molar-refractivity contribution in [2.75, 3.05) is 32.8 Å². The summed E-state index contributed by atoms with van der Waals surface area (Å²) in [6, 6.07) is 5.00. The standard InChI is InChI=1S/C22H34BrFN2O3/c1-17-16-25(12-13-26(17)21(27)29-22(2,3)4)11-7-5-6-8-14-28-18-9-10-19(23)20(24)15-18/h9-10,15,17H,5-8,11-14,16H2,1-4H3/t17-/m1/s1. The molecule has 1 aliphatic rings. The van der Waals surface area contributed by atoms with Crippen LogP contribution in [0.1, 0.15) is 53.4 Å². The molecule has 0 spiro atoms. The summed E-state index contributed by atoms with van der Waals surface area (Å²) in [5.41, 5.74) is -0.455. The highest BCUT2D eigenvalue weighted by Gasteiger charge is 2.30. The van der Waals surface area contributed by atoms with Gasteiger partial charge in [-0.25, -0.2) is 9.18 Å². The molecule has 0 aromatic heterocycles. The molecule has 2 rings (SSSR count). The van der Waals surface area contributed by atoms with Crippen molar-refractivity contribution in [3.63, 3.8) is 0 Å². The molecule has 0 bridgehead atoms.